The third kappa shape index (κ3) is 14.0. The third-order valence-corrected chi connectivity index (χ3v) is 4.41. The van der Waals surface area contributed by atoms with Gasteiger partial charge in [-0.3, -0.25) is 4.79 Å². The minimum Gasteiger partial charge on any atom is -0.463 e. The SMILES string of the molecule is CC(=CCC(=O)OC[C@H](O)[C@H](O)CO)CCCC(C)CCCC(C)C. The minimum atomic E-state index is -1.28. The molecule has 0 heterocycles. The Balaban J connectivity index is 3.84. The van der Waals surface area contributed by atoms with Crippen LogP contribution in [-0.4, -0.2) is 46.7 Å². The number of carbonyl (C=O) groups is 1. The van der Waals surface area contributed by atoms with Crippen molar-refractivity contribution in [3.63, 3.8) is 0 Å². The van der Waals surface area contributed by atoms with Gasteiger partial charge in [0.15, 0.2) is 0 Å². The van der Waals surface area contributed by atoms with Crippen molar-refractivity contribution in [1.82, 2.24) is 0 Å². The van der Waals surface area contributed by atoms with Crippen molar-refractivity contribution in [3.05, 3.63) is 11.6 Å². The molecule has 0 rings (SSSR count). The van der Waals surface area contributed by atoms with E-state index in [2.05, 4.69) is 20.8 Å². The second kappa shape index (κ2) is 14.3. The maximum absolute atomic E-state index is 11.6. The number of allylic oxidation sites excluding steroid dienone is 1. The lowest BCUT2D eigenvalue weighted by atomic mass is 9.94. The lowest BCUT2D eigenvalue weighted by Gasteiger charge is -2.15. The summed E-state index contributed by atoms with van der Waals surface area (Å²) in [5.41, 5.74) is 1.17. The van der Waals surface area contributed by atoms with E-state index in [1.165, 1.54) is 31.3 Å². The van der Waals surface area contributed by atoms with E-state index in [0.717, 1.165) is 24.7 Å². The molecule has 0 aliphatic heterocycles. The number of carbonyl (C=O) groups excluding carboxylic acids is 1. The molecule has 0 aromatic heterocycles. The predicted octanol–water partition coefficient (Wildman–Crippen LogP) is 3.21. The molecule has 1 unspecified atom stereocenters. The van der Waals surface area contributed by atoms with E-state index in [9.17, 15) is 15.0 Å². The van der Waals surface area contributed by atoms with E-state index in [1.54, 1.807) is 0 Å². The van der Waals surface area contributed by atoms with Crippen LogP contribution in [0.4, 0.5) is 0 Å². The van der Waals surface area contributed by atoms with E-state index in [-0.39, 0.29) is 13.0 Å². The first-order chi connectivity index (χ1) is 11.8. The first kappa shape index (κ1) is 24.1. The molecule has 0 spiro atoms. The predicted molar refractivity (Wildman–Crippen MR) is 100 cm³/mol. The average molecular weight is 359 g/mol. The second-order valence-electron chi connectivity index (χ2n) is 7.58. The van der Waals surface area contributed by atoms with Crippen molar-refractivity contribution in [3.8, 4) is 0 Å². The van der Waals surface area contributed by atoms with Crippen LogP contribution in [0.3, 0.4) is 0 Å². The number of hydrogen-bond donors (Lipinski definition) is 3. The molecule has 25 heavy (non-hydrogen) atoms. The van der Waals surface area contributed by atoms with Gasteiger partial charge in [-0.2, -0.15) is 0 Å². The monoisotopic (exact) mass is 358 g/mol. The molecule has 0 aliphatic rings. The van der Waals surface area contributed by atoms with Crippen LogP contribution in [0.2, 0.25) is 0 Å². The Hall–Kier alpha value is -0.910. The zero-order valence-corrected chi connectivity index (χ0v) is 16.4. The quantitative estimate of drug-likeness (QED) is 0.328. The highest BCUT2D eigenvalue weighted by atomic mass is 16.5. The Morgan fingerprint density at radius 3 is 2.28 bits per heavy atom. The van der Waals surface area contributed by atoms with Gasteiger partial charge in [0, 0.05) is 0 Å². The summed E-state index contributed by atoms with van der Waals surface area (Å²) in [6.45, 7) is 7.98. The fourth-order valence-electron chi connectivity index (χ4n) is 2.58. The van der Waals surface area contributed by atoms with Gasteiger partial charge in [0.05, 0.1) is 13.0 Å². The molecule has 0 bridgehead atoms. The first-order valence-corrected chi connectivity index (χ1v) is 9.54. The smallest absolute Gasteiger partial charge is 0.309 e. The summed E-state index contributed by atoms with van der Waals surface area (Å²) in [5.74, 6) is 1.09. The van der Waals surface area contributed by atoms with Gasteiger partial charge in [0.1, 0.15) is 18.8 Å². The molecule has 5 heteroatoms. The van der Waals surface area contributed by atoms with Crippen LogP contribution < -0.4 is 0 Å². The van der Waals surface area contributed by atoms with Gasteiger partial charge in [-0.1, -0.05) is 58.1 Å². The molecule has 0 aromatic rings. The second-order valence-corrected chi connectivity index (χ2v) is 7.58. The summed E-state index contributed by atoms with van der Waals surface area (Å²) in [4.78, 5) is 11.6. The number of ether oxygens (including phenoxy) is 1. The van der Waals surface area contributed by atoms with Crippen molar-refractivity contribution in [2.75, 3.05) is 13.2 Å². The maximum Gasteiger partial charge on any atom is 0.309 e. The highest BCUT2D eigenvalue weighted by Gasteiger charge is 2.16. The van der Waals surface area contributed by atoms with Gasteiger partial charge >= 0.3 is 5.97 Å². The largest absolute Gasteiger partial charge is 0.463 e. The van der Waals surface area contributed by atoms with Crippen LogP contribution in [0.25, 0.3) is 0 Å². The molecule has 0 radical (unpaired) electrons. The molecule has 148 valence electrons. The molecule has 0 aliphatic carbocycles. The summed E-state index contributed by atoms with van der Waals surface area (Å²) in [7, 11) is 0. The average Bonchev–Trinajstić information content (AvgIpc) is 2.56. The van der Waals surface area contributed by atoms with Crippen molar-refractivity contribution in [2.24, 2.45) is 11.8 Å². The highest BCUT2D eigenvalue weighted by Crippen LogP contribution is 2.19. The Bertz CT molecular complexity index is 378. The van der Waals surface area contributed by atoms with Gasteiger partial charge < -0.3 is 20.1 Å². The molecular formula is C20H38O5. The van der Waals surface area contributed by atoms with Gasteiger partial charge in [-0.15, -0.1) is 0 Å². The van der Waals surface area contributed by atoms with Gasteiger partial charge in [-0.25, -0.2) is 0 Å². The molecule has 3 atom stereocenters. The number of aliphatic hydroxyl groups is 3. The molecule has 0 amide bonds. The summed E-state index contributed by atoms with van der Waals surface area (Å²) in [6, 6.07) is 0. The summed E-state index contributed by atoms with van der Waals surface area (Å²) in [5, 5.41) is 27.3. The topological polar surface area (TPSA) is 87.0 Å². The highest BCUT2D eigenvalue weighted by molar-refractivity contribution is 5.71. The van der Waals surface area contributed by atoms with Crippen LogP contribution in [0, 0.1) is 11.8 Å². The number of esters is 1. The van der Waals surface area contributed by atoms with Crippen LogP contribution in [-0.2, 0) is 9.53 Å². The minimum absolute atomic E-state index is 0.164. The van der Waals surface area contributed by atoms with E-state index < -0.39 is 24.8 Å². The molecule has 0 saturated carbocycles. The Morgan fingerprint density at radius 2 is 1.68 bits per heavy atom. The number of aliphatic hydroxyl groups excluding tert-OH is 3. The van der Waals surface area contributed by atoms with E-state index in [4.69, 9.17) is 9.84 Å². The number of hydrogen-bond acceptors (Lipinski definition) is 5. The van der Waals surface area contributed by atoms with Gasteiger partial charge in [0.2, 0.25) is 0 Å². The first-order valence-electron chi connectivity index (χ1n) is 9.54. The molecule has 3 N–H and O–H groups in total. The molecule has 0 aromatic carbocycles. The van der Waals surface area contributed by atoms with Crippen molar-refractivity contribution >= 4 is 5.97 Å². The Kier molecular flexibility index (Phi) is 13.8. The molecular weight excluding hydrogens is 320 g/mol. The van der Waals surface area contributed by atoms with Crippen molar-refractivity contribution in [1.29, 1.82) is 0 Å². The van der Waals surface area contributed by atoms with E-state index in [1.807, 2.05) is 13.0 Å². The van der Waals surface area contributed by atoms with E-state index in [0.29, 0.717) is 0 Å². The van der Waals surface area contributed by atoms with Crippen LogP contribution in [0.1, 0.15) is 72.6 Å². The normalized spacial score (nSPS) is 15.9. The summed E-state index contributed by atoms with van der Waals surface area (Å²) < 4.78 is 4.88. The van der Waals surface area contributed by atoms with Crippen LogP contribution in [0.5, 0.6) is 0 Å². The Morgan fingerprint density at radius 1 is 1.04 bits per heavy atom. The van der Waals surface area contributed by atoms with Gasteiger partial charge in [0.25, 0.3) is 0 Å². The zero-order valence-electron chi connectivity index (χ0n) is 16.4. The lowest BCUT2D eigenvalue weighted by Crippen LogP contribution is -2.34. The fourth-order valence-corrected chi connectivity index (χ4v) is 2.58. The lowest BCUT2D eigenvalue weighted by molar-refractivity contribution is -0.148. The maximum atomic E-state index is 11.6. The summed E-state index contributed by atoms with van der Waals surface area (Å²) in [6.07, 6.45) is 6.69. The van der Waals surface area contributed by atoms with Gasteiger partial charge in [-0.05, 0) is 31.6 Å². The standard InChI is InChI=1S/C20H38O5/c1-15(2)7-5-8-16(3)9-6-10-17(4)11-12-20(24)25-14-19(23)18(22)13-21/h11,15-16,18-19,21-23H,5-10,12-14H2,1-4H3/t16?,18-,19+/m1/s1. The van der Waals surface area contributed by atoms with Crippen LogP contribution in [0.15, 0.2) is 11.6 Å². The summed E-state index contributed by atoms with van der Waals surface area (Å²) >= 11 is 0. The molecule has 0 fully saturated rings. The van der Waals surface area contributed by atoms with E-state index >= 15 is 0 Å². The third-order valence-electron chi connectivity index (χ3n) is 4.41. The van der Waals surface area contributed by atoms with Crippen LogP contribution >= 0.6 is 0 Å². The number of rotatable bonds is 14. The Labute approximate surface area is 153 Å². The molecule has 5 nitrogen and oxygen atoms in total. The van der Waals surface area contributed by atoms with Crippen molar-refractivity contribution in [2.45, 2.75) is 84.8 Å². The van der Waals surface area contributed by atoms with Crippen molar-refractivity contribution < 1.29 is 24.9 Å². The zero-order chi connectivity index (χ0) is 19.2. The fraction of sp³-hybridized carbons (Fsp3) is 0.850. The molecule has 0 saturated heterocycles.